The van der Waals surface area contributed by atoms with Gasteiger partial charge in [0, 0.05) is 0 Å². The molecule has 0 bridgehead atoms. The van der Waals surface area contributed by atoms with E-state index >= 15 is 0 Å². The summed E-state index contributed by atoms with van der Waals surface area (Å²) in [5, 5.41) is 0. The third-order valence-electron chi connectivity index (χ3n) is 2.62. The minimum absolute atomic E-state index is 0. The Balaban J connectivity index is 0.00000162. The number of halogens is 1. The molecule has 0 spiro atoms. The third-order valence-corrected chi connectivity index (χ3v) is 2.62. The molecule has 0 radical (unpaired) electrons. The van der Waals surface area contributed by atoms with Crippen LogP contribution in [0.4, 0.5) is 0 Å². The van der Waals surface area contributed by atoms with Crippen molar-refractivity contribution in [2.24, 2.45) is 0 Å². The first kappa shape index (κ1) is 14.8. The highest BCUT2D eigenvalue weighted by atomic mass is 79.9. The van der Waals surface area contributed by atoms with Gasteiger partial charge < -0.3 is 21.7 Å². The number of aromatic nitrogens is 2. The maximum atomic E-state index is 5.63. The summed E-state index contributed by atoms with van der Waals surface area (Å²) in [6.07, 6.45) is 7.39. The Bertz CT molecular complexity index is 482. The Kier molecular flexibility index (Phi) is 5.92. The van der Waals surface area contributed by atoms with E-state index in [2.05, 4.69) is 40.8 Å². The van der Waals surface area contributed by atoms with E-state index in [0.29, 0.717) is 6.61 Å². The molecule has 2 aromatic rings. The minimum atomic E-state index is 0. The lowest BCUT2D eigenvalue weighted by Crippen LogP contribution is -3.00. The first-order valence-electron chi connectivity index (χ1n) is 6.14. The molecule has 18 heavy (non-hydrogen) atoms. The highest BCUT2D eigenvalue weighted by Crippen LogP contribution is 2.21. The molecule has 0 saturated heterocycles. The fourth-order valence-electron chi connectivity index (χ4n) is 1.88. The van der Waals surface area contributed by atoms with Gasteiger partial charge in [-0.1, -0.05) is 19.1 Å². The van der Waals surface area contributed by atoms with Crippen molar-refractivity contribution in [2.75, 3.05) is 6.61 Å². The summed E-state index contributed by atoms with van der Waals surface area (Å²) in [5.74, 6) is 0.925. The van der Waals surface area contributed by atoms with Crippen LogP contribution in [0.1, 0.15) is 20.3 Å². The van der Waals surface area contributed by atoms with E-state index in [9.17, 15) is 0 Å². The standard InChI is InChI=1S/C14H19N2O.BrH/c1-3-9-15-10-11-16(12-15)13-7-5-6-8-14(13)17-4-2;/h5-8,10-12H,3-4,9H2,1-2H3;1H/q+1;/p-1. The van der Waals surface area contributed by atoms with Crippen LogP contribution >= 0.6 is 0 Å². The topological polar surface area (TPSA) is 18.0 Å². The van der Waals surface area contributed by atoms with Gasteiger partial charge in [-0.2, -0.15) is 4.57 Å². The summed E-state index contributed by atoms with van der Waals surface area (Å²) < 4.78 is 9.91. The van der Waals surface area contributed by atoms with Crippen molar-refractivity contribution in [3.8, 4) is 11.4 Å². The lowest BCUT2D eigenvalue weighted by molar-refractivity contribution is -0.696. The molecule has 4 heteroatoms. The Labute approximate surface area is 119 Å². The maximum Gasteiger partial charge on any atom is 0.249 e. The molecular formula is C14H19BrN2O. The monoisotopic (exact) mass is 310 g/mol. The maximum absolute atomic E-state index is 5.63. The SMILES string of the molecule is CCC[n+]1ccn(-c2ccccc2OCC)c1.[Br-]. The number of hydrogen-bond donors (Lipinski definition) is 0. The fraction of sp³-hybridized carbons (Fsp3) is 0.357. The quantitative estimate of drug-likeness (QED) is 0.686. The van der Waals surface area contributed by atoms with Gasteiger partial charge in [-0.25, -0.2) is 4.57 Å². The Hall–Kier alpha value is -1.29. The number of nitrogens with zero attached hydrogens (tertiary/aromatic N) is 2. The lowest BCUT2D eigenvalue weighted by atomic mass is 10.3. The highest BCUT2D eigenvalue weighted by molar-refractivity contribution is 5.46. The Morgan fingerprint density at radius 1 is 1.22 bits per heavy atom. The zero-order valence-corrected chi connectivity index (χ0v) is 12.4. The van der Waals surface area contributed by atoms with Gasteiger partial charge in [-0.05, 0) is 25.5 Å². The average molecular weight is 311 g/mol. The van der Waals surface area contributed by atoms with Crippen LogP contribution in [0.3, 0.4) is 0 Å². The molecule has 1 aromatic carbocycles. The van der Waals surface area contributed by atoms with Crippen LogP contribution in [0.5, 0.6) is 5.75 Å². The first-order chi connectivity index (χ1) is 8.35. The van der Waals surface area contributed by atoms with E-state index in [0.717, 1.165) is 24.4 Å². The summed E-state index contributed by atoms with van der Waals surface area (Å²) in [4.78, 5) is 0. The van der Waals surface area contributed by atoms with Crippen LogP contribution in [0.2, 0.25) is 0 Å². The van der Waals surface area contributed by atoms with Gasteiger partial charge in [0.25, 0.3) is 0 Å². The van der Waals surface area contributed by atoms with E-state index in [1.165, 1.54) is 0 Å². The molecule has 0 amide bonds. The predicted octanol–water partition coefficient (Wildman–Crippen LogP) is -0.422. The summed E-state index contributed by atoms with van der Waals surface area (Å²) >= 11 is 0. The van der Waals surface area contributed by atoms with Gasteiger partial charge in [0.15, 0.2) is 11.4 Å². The number of hydrogen-bond acceptors (Lipinski definition) is 1. The van der Waals surface area contributed by atoms with E-state index in [-0.39, 0.29) is 17.0 Å². The van der Waals surface area contributed by atoms with Crippen LogP contribution in [0, 0.1) is 0 Å². The molecule has 0 N–H and O–H groups in total. The molecule has 2 rings (SSSR count). The second-order valence-electron chi connectivity index (χ2n) is 3.96. The molecular weight excluding hydrogens is 292 g/mol. The molecule has 3 nitrogen and oxygen atoms in total. The number of para-hydroxylation sites is 2. The summed E-state index contributed by atoms with van der Waals surface area (Å²) in [6.45, 7) is 5.92. The van der Waals surface area contributed by atoms with Crippen molar-refractivity contribution >= 4 is 0 Å². The molecule has 0 fully saturated rings. The van der Waals surface area contributed by atoms with Crippen molar-refractivity contribution in [1.29, 1.82) is 0 Å². The molecule has 0 aliphatic rings. The molecule has 98 valence electrons. The summed E-state index contributed by atoms with van der Waals surface area (Å²) in [6, 6.07) is 8.10. The van der Waals surface area contributed by atoms with Crippen LogP contribution in [0.15, 0.2) is 43.0 Å². The van der Waals surface area contributed by atoms with E-state index < -0.39 is 0 Å². The number of imidazole rings is 1. The average Bonchev–Trinajstić information content (AvgIpc) is 2.79. The van der Waals surface area contributed by atoms with E-state index in [1.54, 1.807) is 0 Å². The van der Waals surface area contributed by atoms with Crippen molar-refractivity contribution in [3.05, 3.63) is 43.0 Å². The molecule has 1 heterocycles. The van der Waals surface area contributed by atoms with Crippen LogP contribution < -0.4 is 26.3 Å². The normalized spacial score (nSPS) is 9.89. The predicted molar refractivity (Wildman–Crippen MR) is 67.4 cm³/mol. The number of benzene rings is 1. The van der Waals surface area contributed by atoms with Crippen molar-refractivity contribution < 1.29 is 26.3 Å². The van der Waals surface area contributed by atoms with Crippen molar-refractivity contribution in [2.45, 2.75) is 26.8 Å². The molecule has 0 aliphatic carbocycles. The molecule has 0 unspecified atom stereocenters. The summed E-state index contributed by atoms with van der Waals surface area (Å²) in [7, 11) is 0. The van der Waals surface area contributed by atoms with Crippen LogP contribution in [-0.4, -0.2) is 11.2 Å². The zero-order chi connectivity index (χ0) is 12.1. The third kappa shape index (κ3) is 3.35. The Morgan fingerprint density at radius 2 is 2.00 bits per heavy atom. The highest BCUT2D eigenvalue weighted by Gasteiger charge is 2.11. The largest absolute Gasteiger partial charge is 1.00 e. The smallest absolute Gasteiger partial charge is 0.249 e. The first-order valence-corrected chi connectivity index (χ1v) is 6.14. The lowest BCUT2D eigenvalue weighted by Gasteiger charge is -2.05. The van der Waals surface area contributed by atoms with Gasteiger partial charge in [-0.3, -0.25) is 0 Å². The molecule has 1 aromatic heterocycles. The zero-order valence-electron chi connectivity index (χ0n) is 10.8. The van der Waals surface area contributed by atoms with Gasteiger partial charge in [-0.15, -0.1) is 0 Å². The van der Waals surface area contributed by atoms with Gasteiger partial charge >= 0.3 is 0 Å². The number of ether oxygens (including phenoxy) is 1. The Morgan fingerprint density at radius 3 is 2.72 bits per heavy atom. The number of rotatable bonds is 5. The van der Waals surface area contributed by atoms with E-state index in [4.69, 9.17) is 4.74 Å². The molecule has 0 saturated carbocycles. The second kappa shape index (κ2) is 7.21. The molecule has 0 atom stereocenters. The minimum Gasteiger partial charge on any atom is -1.00 e. The van der Waals surface area contributed by atoms with Crippen molar-refractivity contribution in [1.82, 2.24) is 4.57 Å². The second-order valence-corrected chi connectivity index (χ2v) is 3.96. The van der Waals surface area contributed by atoms with Crippen molar-refractivity contribution in [3.63, 3.8) is 0 Å². The van der Waals surface area contributed by atoms with Gasteiger partial charge in [0.1, 0.15) is 12.4 Å². The van der Waals surface area contributed by atoms with Crippen LogP contribution in [-0.2, 0) is 6.54 Å². The fourth-order valence-corrected chi connectivity index (χ4v) is 1.88. The van der Waals surface area contributed by atoms with Gasteiger partial charge in [0.2, 0.25) is 6.33 Å². The molecule has 0 aliphatic heterocycles. The van der Waals surface area contributed by atoms with Gasteiger partial charge in [0.05, 0.1) is 13.2 Å². The summed E-state index contributed by atoms with van der Waals surface area (Å²) in [5.41, 5.74) is 1.09. The van der Waals surface area contributed by atoms with Crippen LogP contribution in [0.25, 0.3) is 5.69 Å². The number of aryl methyl sites for hydroxylation is 1. The van der Waals surface area contributed by atoms with E-state index in [1.807, 2.05) is 25.1 Å².